The molecule has 1 heterocycles. The largest absolute Gasteiger partial charge is 0.336 e. The summed E-state index contributed by atoms with van der Waals surface area (Å²) >= 11 is 0. The number of carbonyl (C=O) groups excluding carboxylic acids is 1. The maximum atomic E-state index is 13.3. The lowest BCUT2D eigenvalue weighted by Gasteiger charge is -2.36. The van der Waals surface area contributed by atoms with E-state index in [1.54, 1.807) is 11.8 Å². The molecule has 154 valence electrons. The van der Waals surface area contributed by atoms with Crippen LogP contribution in [-0.4, -0.2) is 43.0 Å². The minimum Gasteiger partial charge on any atom is -0.336 e. The molecule has 3 rings (SSSR count). The Labute approximate surface area is 169 Å². The number of carbonyl (C=O) groups is 1. The highest BCUT2D eigenvalue weighted by atomic mass is 32.2. The monoisotopic (exact) mass is 417 g/mol. The first-order valence-electron chi connectivity index (χ1n) is 9.31. The normalized spacial score (nSPS) is 14.8. The lowest BCUT2D eigenvalue weighted by molar-refractivity contribution is -0.384. The van der Waals surface area contributed by atoms with Crippen molar-refractivity contribution in [2.45, 2.75) is 32.4 Å². The highest BCUT2D eigenvalue weighted by Gasteiger charge is 2.35. The van der Waals surface area contributed by atoms with E-state index in [1.165, 1.54) is 29.8 Å². The average Bonchev–Trinajstić information content (AvgIpc) is 2.70. The van der Waals surface area contributed by atoms with Crippen LogP contribution in [0, 0.1) is 10.1 Å². The maximum Gasteiger partial charge on any atom is 0.271 e. The Hall–Kier alpha value is -2.94. The molecule has 9 heteroatoms. The second kappa shape index (κ2) is 8.20. The fourth-order valence-corrected chi connectivity index (χ4v) is 4.88. The van der Waals surface area contributed by atoms with Gasteiger partial charge >= 0.3 is 0 Å². The molecule has 1 aliphatic heterocycles. The van der Waals surface area contributed by atoms with E-state index in [-0.39, 0.29) is 23.7 Å². The summed E-state index contributed by atoms with van der Waals surface area (Å²) in [5, 5.41) is 11.1. The zero-order chi connectivity index (χ0) is 21.2. The standard InChI is InChI=1S/C20H23N3O5S/c1-3-19(20(24)21-12-11-15-7-4-5-8-16(15)14-21)22(29(2,27)28)17-9-6-10-18(13-17)23(25)26/h4-10,13,19H,3,11-12,14H2,1-2H3/t19-/m1/s1. The predicted molar refractivity (Wildman–Crippen MR) is 110 cm³/mol. The number of amides is 1. The molecule has 1 atom stereocenters. The Morgan fingerprint density at radius 1 is 1.21 bits per heavy atom. The van der Waals surface area contributed by atoms with Crippen molar-refractivity contribution in [1.29, 1.82) is 0 Å². The smallest absolute Gasteiger partial charge is 0.271 e. The Kier molecular flexibility index (Phi) is 5.88. The molecule has 0 aromatic heterocycles. The summed E-state index contributed by atoms with van der Waals surface area (Å²) in [6.07, 6.45) is 1.95. The lowest BCUT2D eigenvalue weighted by Crippen LogP contribution is -2.51. The lowest BCUT2D eigenvalue weighted by atomic mass is 9.99. The molecule has 0 spiro atoms. The Morgan fingerprint density at radius 3 is 2.52 bits per heavy atom. The zero-order valence-corrected chi connectivity index (χ0v) is 17.1. The number of anilines is 1. The Bertz CT molecular complexity index is 1040. The number of fused-ring (bicyclic) bond motifs is 1. The summed E-state index contributed by atoms with van der Waals surface area (Å²) < 4.78 is 26.2. The van der Waals surface area contributed by atoms with Crippen molar-refractivity contribution in [2.24, 2.45) is 0 Å². The van der Waals surface area contributed by atoms with E-state index < -0.39 is 21.0 Å². The molecule has 1 amide bonds. The highest BCUT2D eigenvalue weighted by Crippen LogP contribution is 2.28. The van der Waals surface area contributed by atoms with Gasteiger partial charge in [-0.15, -0.1) is 0 Å². The van der Waals surface area contributed by atoms with Crippen LogP contribution in [0.1, 0.15) is 24.5 Å². The van der Waals surface area contributed by atoms with Crippen molar-refractivity contribution >= 4 is 27.3 Å². The van der Waals surface area contributed by atoms with Gasteiger partial charge in [-0.05, 0) is 30.0 Å². The quantitative estimate of drug-likeness (QED) is 0.531. The van der Waals surface area contributed by atoms with Gasteiger partial charge in [-0.25, -0.2) is 8.42 Å². The SMILES string of the molecule is CC[C@H](C(=O)N1CCc2ccccc2C1)N(c1cccc([N+](=O)[O-])c1)S(C)(=O)=O. The van der Waals surface area contributed by atoms with E-state index in [2.05, 4.69) is 0 Å². The fraction of sp³-hybridized carbons (Fsp3) is 0.350. The molecule has 0 saturated heterocycles. The summed E-state index contributed by atoms with van der Waals surface area (Å²) in [7, 11) is -3.85. The van der Waals surface area contributed by atoms with Gasteiger partial charge in [0.05, 0.1) is 16.9 Å². The van der Waals surface area contributed by atoms with Crippen LogP contribution in [0.3, 0.4) is 0 Å². The van der Waals surface area contributed by atoms with Gasteiger partial charge in [0.15, 0.2) is 0 Å². The van der Waals surface area contributed by atoms with Gasteiger partial charge in [0.25, 0.3) is 5.69 Å². The van der Waals surface area contributed by atoms with E-state index in [0.717, 1.165) is 16.1 Å². The number of benzene rings is 2. The van der Waals surface area contributed by atoms with Crippen molar-refractivity contribution < 1.29 is 18.1 Å². The molecule has 29 heavy (non-hydrogen) atoms. The first-order chi connectivity index (χ1) is 13.7. The number of hydrogen-bond acceptors (Lipinski definition) is 5. The Balaban J connectivity index is 1.95. The number of nitrogens with zero attached hydrogens (tertiary/aromatic N) is 3. The van der Waals surface area contributed by atoms with Gasteiger partial charge in [0.1, 0.15) is 6.04 Å². The Morgan fingerprint density at radius 2 is 1.90 bits per heavy atom. The third-order valence-corrected chi connectivity index (χ3v) is 6.23. The van der Waals surface area contributed by atoms with Crippen LogP contribution in [0.25, 0.3) is 0 Å². The summed E-state index contributed by atoms with van der Waals surface area (Å²) in [6, 6.07) is 12.2. The van der Waals surface area contributed by atoms with Gasteiger partial charge < -0.3 is 4.90 Å². The molecule has 0 unspecified atom stereocenters. The van der Waals surface area contributed by atoms with E-state index in [9.17, 15) is 23.3 Å². The van der Waals surface area contributed by atoms with Crippen molar-refractivity contribution in [1.82, 2.24) is 4.90 Å². The molecule has 1 aliphatic rings. The van der Waals surface area contributed by atoms with Crippen LogP contribution in [0.15, 0.2) is 48.5 Å². The molecule has 0 fully saturated rings. The van der Waals surface area contributed by atoms with Gasteiger partial charge in [-0.3, -0.25) is 19.2 Å². The molecule has 2 aromatic rings. The van der Waals surface area contributed by atoms with E-state index in [1.807, 2.05) is 24.3 Å². The zero-order valence-electron chi connectivity index (χ0n) is 16.3. The summed E-state index contributed by atoms with van der Waals surface area (Å²) in [5.74, 6) is -0.307. The highest BCUT2D eigenvalue weighted by molar-refractivity contribution is 7.92. The second-order valence-corrected chi connectivity index (χ2v) is 8.90. The number of non-ortho nitro benzene ring substituents is 1. The van der Waals surface area contributed by atoms with Crippen LogP contribution >= 0.6 is 0 Å². The molecular formula is C20H23N3O5S. The molecule has 0 N–H and O–H groups in total. The van der Waals surface area contributed by atoms with Crippen LogP contribution in [0.2, 0.25) is 0 Å². The predicted octanol–water partition coefficient (Wildman–Crippen LogP) is 2.72. The third kappa shape index (κ3) is 4.40. The van der Waals surface area contributed by atoms with Crippen molar-refractivity contribution in [3.8, 4) is 0 Å². The van der Waals surface area contributed by atoms with E-state index >= 15 is 0 Å². The number of nitro groups is 1. The number of nitro benzene ring substituents is 1. The van der Waals surface area contributed by atoms with Crippen LogP contribution in [-0.2, 0) is 27.8 Å². The van der Waals surface area contributed by atoms with Gasteiger partial charge in [-0.2, -0.15) is 0 Å². The second-order valence-electron chi connectivity index (χ2n) is 7.04. The van der Waals surface area contributed by atoms with Crippen molar-refractivity contribution in [3.63, 3.8) is 0 Å². The van der Waals surface area contributed by atoms with E-state index in [4.69, 9.17) is 0 Å². The molecule has 0 aliphatic carbocycles. The number of hydrogen-bond donors (Lipinski definition) is 0. The minimum absolute atomic E-state index is 0.110. The summed E-state index contributed by atoms with van der Waals surface area (Å²) in [5.41, 5.74) is 2.11. The number of rotatable bonds is 6. The molecule has 2 aromatic carbocycles. The van der Waals surface area contributed by atoms with E-state index in [0.29, 0.717) is 19.5 Å². The van der Waals surface area contributed by atoms with Crippen LogP contribution in [0.4, 0.5) is 11.4 Å². The molecule has 0 saturated carbocycles. The van der Waals surface area contributed by atoms with Gasteiger partial charge in [-0.1, -0.05) is 37.3 Å². The topological polar surface area (TPSA) is 101 Å². The fourth-order valence-electron chi connectivity index (χ4n) is 3.68. The van der Waals surface area contributed by atoms with Gasteiger partial charge in [0, 0.05) is 25.2 Å². The average molecular weight is 417 g/mol. The third-order valence-electron chi connectivity index (χ3n) is 5.05. The number of sulfonamides is 1. The minimum atomic E-state index is -3.85. The van der Waals surface area contributed by atoms with Crippen LogP contribution < -0.4 is 4.31 Å². The molecular weight excluding hydrogens is 394 g/mol. The first-order valence-corrected chi connectivity index (χ1v) is 11.2. The maximum absolute atomic E-state index is 13.3. The molecule has 0 bridgehead atoms. The first kappa shape index (κ1) is 20.8. The summed E-state index contributed by atoms with van der Waals surface area (Å²) in [6.45, 7) is 2.65. The van der Waals surface area contributed by atoms with Crippen molar-refractivity contribution in [3.05, 3.63) is 69.8 Å². The van der Waals surface area contributed by atoms with Gasteiger partial charge in [0.2, 0.25) is 15.9 Å². The molecule has 0 radical (unpaired) electrons. The van der Waals surface area contributed by atoms with Crippen LogP contribution in [0.5, 0.6) is 0 Å². The van der Waals surface area contributed by atoms with Crippen molar-refractivity contribution in [2.75, 3.05) is 17.1 Å². The summed E-state index contributed by atoms with van der Waals surface area (Å²) in [4.78, 5) is 25.5. The molecule has 8 nitrogen and oxygen atoms in total.